The van der Waals surface area contributed by atoms with Crippen molar-refractivity contribution in [1.29, 1.82) is 0 Å². The number of rotatable bonds is 3. The maximum Gasteiger partial charge on any atom is 0.0652 e. The lowest BCUT2D eigenvalue weighted by atomic mass is 9.89. The number of para-hydroxylation sites is 2. The number of hydrogen-bond acceptors (Lipinski definition) is 2. The van der Waals surface area contributed by atoms with Crippen molar-refractivity contribution in [1.82, 2.24) is 0 Å². The maximum atomic E-state index is 4.96. The van der Waals surface area contributed by atoms with Crippen LogP contribution < -0.4 is 5.01 Å². The fourth-order valence-electron chi connectivity index (χ4n) is 2.74. The highest BCUT2D eigenvalue weighted by molar-refractivity contribution is 5.87. The normalized spacial score (nSPS) is 18.3. The molecule has 0 atom stereocenters. The molecule has 0 unspecified atom stereocenters. The fourth-order valence-corrected chi connectivity index (χ4v) is 2.74. The molecular formula is C19H22N2. The van der Waals surface area contributed by atoms with Gasteiger partial charge in [0.15, 0.2) is 0 Å². The van der Waals surface area contributed by atoms with E-state index in [0.717, 1.165) is 30.1 Å². The third-order valence-corrected chi connectivity index (χ3v) is 4.09. The average molecular weight is 278 g/mol. The highest BCUT2D eigenvalue weighted by Gasteiger charge is 2.16. The van der Waals surface area contributed by atoms with Crippen LogP contribution in [-0.4, -0.2) is 5.71 Å². The van der Waals surface area contributed by atoms with E-state index in [1.54, 1.807) is 0 Å². The zero-order valence-electron chi connectivity index (χ0n) is 12.6. The second-order valence-corrected chi connectivity index (χ2v) is 5.83. The zero-order valence-corrected chi connectivity index (χ0v) is 12.6. The van der Waals surface area contributed by atoms with Crippen molar-refractivity contribution in [3.05, 3.63) is 60.7 Å². The highest BCUT2D eigenvalue weighted by Crippen LogP contribution is 2.28. The largest absolute Gasteiger partial charge is 0.234 e. The summed E-state index contributed by atoms with van der Waals surface area (Å²) in [4.78, 5) is 0. The van der Waals surface area contributed by atoms with Gasteiger partial charge in [-0.2, -0.15) is 5.10 Å². The summed E-state index contributed by atoms with van der Waals surface area (Å²) >= 11 is 0. The summed E-state index contributed by atoms with van der Waals surface area (Å²) in [6.45, 7) is 2.34. The molecule has 0 heterocycles. The highest BCUT2D eigenvalue weighted by atomic mass is 15.5. The monoisotopic (exact) mass is 278 g/mol. The molecule has 21 heavy (non-hydrogen) atoms. The first kappa shape index (κ1) is 13.9. The number of nitrogens with zero attached hydrogens (tertiary/aromatic N) is 2. The van der Waals surface area contributed by atoms with E-state index in [1.165, 1.54) is 18.6 Å². The van der Waals surface area contributed by atoms with E-state index in [1.807, 2.05) is 12.1 Å². The van der Waals surface area contributed by atoms with Crippen molar-refractivity contribution >= 4 is 17.1 Å². The van der Waals surface area contributed by atoms with E-state index >= 15 is 0 Å². The lowest BCUT2D eigenvalue weighted by Gasteiger charge is -2.24. The van der Waals surface area contributed by atoms with Crippen LogP contribution >= 0.6 is 0 Å². The Morgan fingerprint density at radius 1 is 0.810 bits per heavy atom. The topological polar surface area (TPSA) is 15.6 Å². The Kier molecular flexibility index (Phi) is 4.34. The fraction of sp³-hybridized carbons (Fsp3) is 0.316. The van der Waals surface area contributed by atoms with Gasteiger partial charge < -0.3 is 0 Å². The van der Waals surface area contributed by atoms with E-state index in [4.69, 9.17) is 5.10 Å². The van der Waals surface area contributed by atoms with Crippen LogP contribution in [0.4, 0.5) is 11.4 Å². The molecule has 2 heteroatoms. The zero-order chi connectivity index (χ0) is 14.5. The van der Waals surface area contributed by atoms with Crippen molar-refractivity contribution in [3.8, 4) is 0 Å². The van der Waals surface area contributed by atoms with Crippen molar-refractivity contribution < 1.29 is 0 Å². The third kappa shape index (κ3) is 3.52. The molecule has 0 bridgehead atoms. The standard InChI is InChI=1S/C19H22N2/c1-16-12-14-17(15-13-16)20-21(18-8-4-2-5-9-18)19-10-6-3-7-11-19/h2-11,16H,12-15H2,1H3. The molecule has 2 aromatic carbocycles. The van der Waals surface area contributed by atoms with Crippen LogP contribution in [-0.2, 0) is 0 Å². The summed E-state index contributed by atoms with van der Waals surface area (Å²) in [5, 5.41) is 7.04. The van der Waals surface area contributed by atoms with Gasteiger partial charge in [0.1, 0.15) is 0 Å². The Morgan fingerprint density at radius 3 is 1.76 bits per heavy atom. The van der Waals surface area contributed by atoms with E-state index < -0.39 is 0 Å². The van der Waals surface area contributed by atoms with Crippen molar-refractivity contribution in [2.24, 2.45) is 11.0 Å². The van der Waals surface area contributed by atoms with Gasteiger partial charge in [-0.25, -0.2) is 5.01 Å². The quantitative estimate of drug-likeness (QED) is 0.687. The summed E-state index contributed by atoms with van der Waals surface area (Å²) < 4.78 is 0. The van der Waals surface area contributed by atoms with Gasteiger partial charge in [-0.15, -0.1) is 0 Å². The Labute approximate surface area is 127 Å². The smallest absolute Gasteiger partial charge is 0.0652 e. The SMILES string of the molecule is CC1CCC(=NN(c2ccccc2)c2ccccc2)CC1. The number of anilines is 2. The first-order valence-corrected chi connectivity index (χ1v) is 7.79. The second-order valence-electron chi connectivity index (χ2n) is 5.83. The van der Waals surface area contributed by atoms with Gasteiger partial charge in [-0.1, -0.05) is 43.3 Å². The summed E-state index contributed by atoms with van der Waals surface area (Å²) in [6, 6.07) is 20.8. The summed E-state index contributed by atoms with van der Waals surface area (Å²) in [5.41, 5.74) is 3.56. The molecule has 1 aliphatic rings. The average Bonchev–Trinajstić information content (AvgIpc) is 2.56. The Balaban J connectivity index is 1.92. The molecule has 1 fully saturated rings. The Bertz CT molecular complexity index is 540. The van der Waals surface area contributed by atoms with E-state index in [0.29, 0.717) is 0 Å². The molecule has 0 spiro atoms. The van der Waals surface area contributed by atoms with Gasteiger partial charge in [-0.05, 0) is 55.9 Å². The summed E-state index contributed by atoms with van der Waals surface area (Å²) in [6.07, 6.45) is 4.77. The van der Waals surface area contributed by atoms with Crippen molar-refractivity contribution in [2.45, 2.75) is 32.6 Å². The van der Waals surface area contributed by atoms with Crippen LogP contribution in [0.1, 0.15) is 32.6 Å². The number of benzene rings is 2. The van der Waals surface area contributed by atoms with Crippen LogP contribution in [0.15, 0.2) is 65.8 Å². The molecule has 108 valence electrons. The number of hydrazone groups is 1. The van der Waals surface area contributed by atoms with Crippen molar-refractivity contribution in [3.63, 3.8) is 0 Å². The van der Waals surface area contributed by atoms with Crippen molar-refractivity contribution in [2.75, 3.05) is 5.01 Å². The Hall–Kier alpha value is -2.09. The summed E-state index contributed by atoms with van der Waals surface area (Å²) in [7, 11) is 0. The molecule has 2 aromatic rings. The predicted octanol–water partition coefficient (Wildman–Crippen LogP) is 5.39. The van der Waals surface area contributed by atoms with Crippen LogP contribution in [0.5, 0.6) is 0 Å². The molecule has 3 rings (SSSR count). The van der Waals surface area contributed by atoms with Gasteiger partial charge in [-0.3, -0.25) is 0 Å². The lowest BCUT2D eigenvalue weighted by molar-refractivity contribution is 0.482. The first-order valence-electron chi connectivity index (χ1n) is 7.79. The maximum absolute atomic E-state index is 4.96. The minimum absolute atomic E-state index is 0.839. The number of hydrogen-bond donors (Lipinski definition) is 0. The van der Waals surface area contributed by atoms with Gasteiger partial charge in [0.05, 0.1) is 11.4 Å². The minimum Gasteiger partial charge on any atom is -0.234 e. The lowest BCUT2D eigenvalue weighted by Crippen LogP contribution is -2.17. The van der Waals surface area contributed by atoms with E-state index in [9.17, 15) is 0 Å². The third-order valence-electron chi connectivity index (χ3n) is 4.09. The van der Waals surface area contributed by atoms with Crippen LogP contribution in [0.2, 0.25) is 0 Å². The van der Waals surface area contributed by atoms with Crippen LogP contribution in [0.25, 0.3) is 0 Å². The molecule has 0 N–H and O–H groups in total. The van der Waals surface area contributed by atoms with Gasteiger partial charge >= 0.3 is 0 Å². The molecule has 0 radical (unpaired) electrons. The Morgan fingerprint density at radius 2 is 1.29 bits per heavy atom. The molecule has 0 aliphatic heterocycles. The van der Waals surface area contributed by atoms with Gasteiger partial charge in [0, 0.05) is 5.71 Å². The first-order chi connectivity index (χ1) is 10.3. The molecular weight excluding hydrogens is 256 g/mol. The minimum atomic E-state index is 0.839. The summed E-state index contributed by atoms with van der Waals surface area (Å²) in [5.74, 6) is 0.839. The van der Waals surface area contributed by atoms with Gasteiger partial charge in [0.25, 0.3) is 0 Å². The van der Waals surface area contributed by atoms with E-state index in [-0.39, 0.29) is 0 Å². The van der Waals surface area contributed by atoms with Crippen LogP contribution in [0, 0.1) is 5.92 Å². The second kappa shape index (κ2) is 6.57. The molecule has 0 saturated heterocycles. The molecule has 1 aliphatic carbocycles. The molecule has 0 aromatic heterocycles. The predicted molar refractivity (Wildman–Crippen MR) is 90.1 cm³/mol. The molecule has 2 nitrogen and oxygen atoms in total. The molecule has 1 saturated carbocycles. The van der Waals surface area contributed by atoms with Gasteiger partial charge in [0.2, 0.25) is 0 Å². The van der Waals surface area contributed by atoms with Crippen LogP contribution in [0.3, 0.4) is 0 Å². The van der Waals surface area contributed by atoms with E-state index in [2.05, 4.69) is 60.5 Å². The molecule has 0 amide bonds.